The molecule has 0 amide bonds. The number of hydrogen-bond acceptors (Lipinski definition) is 5. The summed E-state index contributed by atoms with van der Waals surface area (Å²) >= 11 is 0. The number of methoxy groups -OCH3 is 1. The Kier molecular flexibility index (Phi) is 8.57. The fourth-order valence-corrected chi connectivity index (χ4v) is 2.60. The van der Waals surface area contributed by atoms with Crippen molar-refractivity contribution in [3.8, 4) is 0 Å². The SMILES string of the molecule is COCC(C)OCC(O)CNC1CCCCC1CO. The zero-order chi connectivity index (χ0) is 14.1. The van der Waals surface area contributed by atoms with Crippen LogP contribution in [0.15, 0.2) is 0 Å². The van der Waals surface area contributed by atoms with Crippen molar-refractivity contribution in [3.05, 3.63) is 0 Å². The van der Waals surface area contributed by atoms with Crippen LogP contribution in [0.3, 0.4) is 0 Å². The molecule has 0 radical (unpaired) electrons. The Bertz CT molecular complexity index is 227. The summed E-state index contributed by atoms with van der Waals surface area (Å²) in [6.45, 7) is 3.52. The lowest BCUT2D eigenvalue weighted by Gasteiger charge is -2.31. The van der Waals surface area contributed by atoms with Crippen molar-refractivity contribution >= 4 is 0 Å². The average Bonchev–Trinajstić information content (AvgIpc) is 2.43. The third-order valence-electron chi connectivity index (χ3n) is 3.73. The maximum absolute atomic E-state index is 9.87. The zero-order valence-corrected chi connectivity index (χ0v) is 12.2. The fourth-order valence-electron chi connectivity index (χ4n) is 2.60. The molecule has 0 heterocycles. The predicted octanol–water partition coefficient (Wildman–Crippen LogP) is 0.540. The van der Waals surface area contributed by atoms with Crippen LogP contribution in [0.1, 0.15) is 32.6 Å². The molecule has 1 aliphatic carbocycles. The summed E-state index contributed by atoms with van der Waals surface area (Å²) in [6.07, 6.45) is 4.04. The van der Waals surface area contributed by atoms with Gasteiger partial charge in [-0.25, -0.2) is 0 Å². The summed E-state index contributed by atoms with van der Waals surface area (Å²) in [5, 5.41) is 22.5. The van der Waals surface area contributed by atoms with Gasteiger partial charge < -0.3 is 25.0 Å². The van der Waals surface area contributed by atoms with Crippen LogP contribution in [-0.4, -0.2) is 61.9 Å². The van der Waals surface area contributed by atoms with Gasteiger partial charge in [-0.2, -0.15) is 0 Å². The highest BCUT2D eigenvalue weighted by molar-refractivity contribution is 4.81. The summed E-state index contributed by atoms with van der Waals surface area (Å²) in [5.74, 6) is 0.328. The molecular weight excluding hydrogens is 246 g/mol. The van der Waals surface area contributed by atoms with E-state index >= 15 is 0 Å². The molecule has 5 heteroatoms. The Morgan fingerprint density at radius 2 is 2.00 bits per heavy atom. The Morgan fingerprint density at radius 1 is 1.26 bits per heavy atom. The van der Waals surface area contributed by atoms with Crippen LogP contribution in [0.4, 0.5) is 0 Å². The molecule has 0 saturated heterocycles. The normalized spacial score (nSPS) is 27.2. The molecule has 0 spiro atoms. The van der Waals surface area contributed by atoms with Gasteiger partial charge in [0.1, 0.15) is 0 Å². The van der Waals surface area contributed by atoms with E-state index in [9.17, 15) is 10.2 Å². The van der Waals surface area contributed by atoms with Crippen molar-refractivity contribution in [2.24, 2.45) is 5.92 Å². The van der Waals surface area contributed by atoms with Crippen LogP contribution in [0.5, 0.6) is 0 Å². The van der Waals surface area contributed by atoms with Crippen molar-refractivity contribution in [2.45, 2.75) is 50.9 Å². The predicted molar refractivity (Wildman–Crippen MR) is 74.1 cm³/mol. The molecular formula is C14H29NO4. The summed E-state index contributed by atoms with van der Waals surface area (Å²) in [6, 6.07) is 0.324. The first kappa shape index (κ1) is 16.9. The van der Waals surface area contributed by atoms with Crippen LogP contribution in [0.2, 0.25) is 0 Å². The molecule has 0 aromatic carbocycles. The number of rotatable bonds is 9. The largest absolute Gasteiger partial charge is 0.396 e. The van der Waals surface area contributed by atoms with E-state index in [1.807, 2.05) is 6.92 Å². The lowest BCUT2D eigenvalue weighted by molar-refractivity contribution is -0.0324. The number of hydrogen-bond donors (Lipinski definition) is 3. The van der Waals surface area contributed by atoms with E-state index in [0.29, 0.717) is 31.7 Å². The number of aliphatic hydroxyl groups excluding tert-OH is 2. The maximum atomic E-state index is 9.87. The van der Waals surface area contributed by atoms with Crippen molar-refractivity contribution in [1.29, 1.82) is 0 Å². The monoisotopic (exact) mass is 275 g/mol. The van der Waals surface area contributed by atoms with Gasteiger partial charge >= 0.3 is 0 Å². The standard InChI is InChI=1S/C14H29NO4/c1-11(9-18-2)19-10-13(17)7-15-14-6-4-3-5-12(14)8-16/h11-17H,3-10H2,1-2H3. The van der Waals surface area contributed by atoms with E-state index in [-0.39, 0.29) is 12.7 Å². The molecule has 0 bridgehead atoms. The number of aliphatic hydroxyl groups is 2. The molecule has 0 aromatic rings. The maximum Gasteiger partial charge on any atom is 0.0897 e. The summed E-state index contributed by atoms with van der Waals surface area (Å²) in [4.78, 5) is 0. The highest BCUT2D eigenvalue weighted by Crippen LogP contribution is 2.23. The highest BCUT2D eigenvalue weighted by Gasteiger charge is 2.24. The van der Waals surface area contributed by atoms with Gasteiger partial charge in [-0.3, -0.25) is 0 Å². The first-order valence-electron chi connectivity index (χ1n) is 7.30. The van der Waals surface area contributed by atoms with E-state index in [1.54, 1.807) is 7.11 Å². The van der Waals surface area contributed by atoms with Crippen LogP contribution < -0.4 is 5.32 Å². The first-order valence-corrected chi connectivity index (χ1v) is 7.30. The summed E-state index contributed by atoms with van der Waals surface area (Å²) < 4.78 is 10.4. The third-order valence-corrected chi connectivity index (χ3v) is 3.73. The Hall–Kier alpha value is -0.200. The second-order valence-electron chi connectivity index (χ2n) is 5.49. The minimum Gasteiger partial charge on any atom is -0.396 e. The molecule has 19 heavy (non-hydrogen) atoms. The van der Waals surface area contributed by atoms with Crippen molar-refractivity contribution in [2.75, 3.05) is 33.5 Å². The van der Waals surface area contributed by atoms with Crippen LogP contribution >= 0.6 is 0 Å². The quantitative estimate of drug-likeness (QED) is 0.573. The smallest absolute Gasteiger partial charge is 0.0897 e. The van der Waals surface area contributed by atoms with Gasteiger partial charge in [0.15, 0.2) is 0 Å². The van der Waals surface area contributed by atoms with E-state index in [0.717, 1.165) is 12.8 Å². The molecule has 4 atom stereocenters. The molecule has 1 aliphatic rings. The molecule has 4 unspecified atom stereocenters. The molecule has 114 valence electrons. The number of ether oxygens (including phenoxy) is 2. The van der Waals surface area contributed by atoms with Gasteiger partial charge in [0.25, 0.3) is 0 Å². The third kappa shape index (κ3) is 6.68. The highest BCUT2D eigenvalue weighted by atomic mass is 16.5. The first-order chi connectivity index (χ1) is 9.17. The summed E-state index contributed by atoms with van der Waals surface area (Å²) in [5.41, 5.74) is 0. The van der Waals surface area contributed by atoms with Gasteiger partial charge in [0, 0.05) is 26.3 Å². The van der Waals surface area contributed by atoms with Crippen molar-refractivity contribution in [3.63, 3.8) is 0 Å². The zero-order valence-electron chi connectivity index (χ0n) is 12.2. The molecule has 0 aliphatic heterocycles. The topological polar surface area (TPSA) is 71.0 Å². The second-order valence-corrected chi connectivity index (χ2v) is 5.49. The molecule has 3 N–H and O–H groups in total. The molecule has 1 saturated carbocycles. The van der Waals surface area contributed by atoms with Gasteiger partial charge in [-0.05, 0) is 25.7 Å². The fraction of sp³-hybridized carbons (Fsp3) is 1.00. The lowest BCUT2D eigenvalue weighted by atomic mass is 9.85. The summed E-state index contributed by atoms with van der Waals surface area (Å²) in [7, 11) is 1.63. The average molecular weight is 275 g/mol. The number of nitrogens with one attached hydrogen (secondary N) is 1. The van der Waals surface area contributed by atoms with E-state index in [4.69, 9.17) is 9.47 Å². The van der Waals surface area contributed by atoms with Crippen molar-refractivity contribution in [1.82, 2.24) is 5.32 Å². The van der Waals surface area contributed by atoms with Gasteiger partial charge in [-0.1, -0.05) is 12.8 Å². The molecule has 1 fully saturated rings. The van der Waals surface area contributed by atoms with Gasteiger partial charge in [0.2, 0.25) is 0 Å². The van der Waals surface area contributed by atoms with E-state index in [1.165, 1.54) is 12.8 Å². The Balaban J connectivity index is 2.16. The van der Waals surface area contributed by atoms with Crippen LogP contribution in [-0.2, 0) is 9.47 Å². The van der Waals surface area contributed by atoms with Gasteiger partial charge in [0.05, 0.1) is 25.4 Å². The van der Waals surface area contributed by atoms with E-state index < -0.39 is 6.10 Å². The van der Waals surface area contributed by atoms with Crippen LogP contribution in [0.25, 0.3) is 0 Å². The molecule has 1 rings (SSSR count). The molecule has 0 aromatic heterocycles. The Morgan fingerprint density at radius 3 is 2.68 bits per heavy atom. The van der Waals surface area contributed by atoms with E-state index in [2.05, 4.69) is 5.32 Å². The minimum absolute atomic E-state index is 0.000444. The lowest BCUT2D eigenvalue weighted by Crippen LogP contribution is -2.44. The minimum atomic E-state index is -0.513. The molecule has 5 nitrogen and oxygen atoms in total. The van der Waals surface area contributed by atoms with Crippen molar-refractivity contribution < 1.29 is 19.7 Å². The second kappa shape index (κ2) is 9.66. The Labute approximate surface area is 116 Å². The van der Waals surface area contributed by atoms with Crippen LogP contribution in [0, 0.1) is 5.92 Å². The van der Waals surface area contributed by atoms with Gasteiger partial charge in [-0.15, -0.1) is 0 Å².